The van der Waals surface area contributed by atoms with E-state index in [4.69, 9.17) is 5.73 Å². The van der Waals surface area contributed by atoms with Crippen LogP contribution in [-0.2, 0) is 9.59 Å². The van der Waals surface area contributed by atoms with Crippen LogP contribution >= 0.6 is 0 Å². The number of hydrogen-bond donors (Lipinski definition) is 2. The van der Waals surface area contributed by atoms with Crippen LogP contribution in [0.3, 0.4) is 0 Å². The molecule has 0 aromatic carbocycles. The summed E-state index contributed by atoms with van der Waals surface area (Å²) in [5, 5.41) is 6.48. The average Bonchev–Trinajstić information content (AvgIpc) is 3.10. The summed E-state index contributed by atoms with van der Waals surface area (Å²) in [4.78, 5) is 24.9. The molecule has 7 heteroatoms. The molecular weight excluding hydrogens is 270 g/mol. The summed E-state index contributed by atoms with van der Waals surface area (Å²) < 4.78 is 1.80. The molecule has 0 saturated heterocycles. The lowest BCUT2D eigenvalue weighted by Gasteiger charge is -2.01. The second-order valence-corrected chi connectivity index (χ2v) is 5.11. The van der Waals surface area contributed by atoms with Gasteiger partial charge in [-0.1, -0.05) is 0 Å². The van der Waals surface area contributed by atoms with Gasteiger partial charge in [0, 0.05) is 23.8 Å². The Balaban J connectivity index is 0.000000143. The van der Waals surface area contributed by atoms with Crippen LogP contribution in [-0.4, -0.2) is 26.4 Å². The molecule has 1 aliphatic carbocycles. The predicted molar refractivity (Wildman–Crippen MR) is 76.3 cm³/mol. The van der Waals surface area contributed by atoms with Gasteiger partial charge in [0.1, 0.15) is 5.52 Å². The topological polar surface area (TPSA) is 102 Å². The minimum absolute atomic E-state index is 0.282. The smallest absolute Gasteiger partial charge is 0.253 e. The number of nitrogen functional groups attached to an aromatic ring is 1. The van der Waals surface area contributed by atoms with Crippen molar-refractivity contribution in [3.05, 3.63) is 35.8 Å². The van der Waals surface area contributed by atoms with E-state index in [1.165, 1.54) is 18.9 Å². The highest BCUT2D eigenvalue weighted by Crippen LogP contribution is 2.38. The summed E-state index contributed by atoms with van der Waals surface area (Å²) in [5.41, 5.74) is 7.17. The second kappa shape index (κ2) is 5.01. The quantitative estimate of drug-likeness (QED) is 0.754. The van der Waals surface area contributed by atoms with Crippen LogP contribution in [0.4, 0.5) is 5.82 Å². The number of nitrogens with one attached hydrogen (secondary N) is 1. The largest absolute Gasteiger partial charge is 0.382 e. The summed E-state index contributed by atoms with van der Waals surface area (Å²) in [7, 11) is 0. The van der Waals surface area contributed by atoms with Crippen LogP contribution in [0.2, 0.25) is 0 Å². The Bertz CT molecular complexity index is 758. The highest BCUT2D eigenvalue weighted by atomic mass is 16.2. The summed E-state index contributed by atoms with van der Waals surface area (Å²) in [6, 6.07) is 3.85. The van der Waals surface area contributed by atoms with E-state index in [9.17, 15) is 9.59 Å². The van der Waals surface area contributed by atoms with Gasteiger partial charge in [-0.15, -0.1) is 0 Å². The first-order valence-electron chi connectivity index (χ1n) is 6.69. The first kappa shape index (κ1) is 13.3. The molecule has 2 aliphatic rings. The van der Waals surface area contributed by atoms with Gasteiger partial charge in [-0.3, -0.25) is 14.9 Å². The Morgan fingerprint density at radius 3 is 2.67 bits per heavy atom. The first-order chi connectivity index (χ1) is 10.0. The molecule has 0 radical (unpaired) electrons. The fourth-order valence-corrected chi connectivity index (χ4v) is 2.00. The summed E-state index contributed by atoms with van der Waals surface area (Å²) in [5.74, 6) is 1.43. The zero-order valence-electron chi connectivity index (χ0n) is 11.5. The number of rotatable bonds is 1. The lowest BCUT2D eigenvalue weighted by atomic mass is 10.3. The van der Waals surface area contributed by atoms with Crippen LogP contribution in [0.1, 0.15) is 31.5 Å². The fourth-order valence-electron chi connectivity index (χ4n) is 2.00. The molecule has 4 rings (SSSR count). The molecule has 7 nitrogen and oxygen atoms in total. The third-order valence-electron chi connectivity index (χ3n) is 3.32. The lowest BCUT2D eigenvalue weighted by molar-refractivity contribution is -0.123. The number of amides is 2. The number of imide groups is 1. The molecular formula is C14H15N5O2. The lowest BCUT2D eigenvalue weighted by Crippen LogP contribution is -2.21. The zero-order valence-corrected chi connectivity index (χ0v) is 11.5. The van der Waals surface area contributed by atoms with E-state index < -0.39 is 0 Å². The van der Waals surface area contributed by atoms with Crippen molar-refractivity contribution in [2.75, 3.05) is 5.73 Å². The fraction of sp³-hybridized carbons (Fsp3) is 0.286. The third-order valence-corrected chi connectivity index (χ3v) is 3.32. The molecule has 0 unspecified atom stereocenters. The molecule has 2 amide bonds. The maximum Gasteiger partial charge on any atom is 0.253 e. The molecule has 1 saturated carbocycles. The molecule has 3 heterocycles. The summed E-state index contributed by atoms with van der Waals surface area (Å²) in [6.45, 7) is 1.60. The van der Waals surface area contributed by atoms with Crippen molar-refractivity contribution in [3.63, 3.8) is 0 Å². The Kier molecular flexibility index (Phi) is 3.17. The standard InChI is InChI=1S/C9H10N4.C5H5NO2/c10-8-7-2-1-5-13(7)12-9(11-8)6-3-4-6;1-3-2-4(7)6-5(3)8/h1-2,5-6H,3-4H2,(H2,10,11,12);2H,1H3,(H,6,7,8). The van der Waals surface area contributed by atoms with Crippen molar-refractivity contribution >= 4 is 23.1 Å². The molecule has 0 bridgehead atoms. The van der Waals surface area contributed by atoms with Crippen LogP contribution in [0.5, 0.6) is 0 Å². The zero-order chi connectivity index (χ0) is 15.0. The highest BCUT2D eigenvalue weighted by Gasteiger charge is 2.27. The number of anilines is 1. The Hall–Kier alpha value is -2.70. The molecule has 2 aromatic rings. The number of nitrogens with two attached hydrogens (primary N) is 1. The minimum Gasteiger partial charge on any atom is -0.382 e. The van der Waals surface area contributed by atoms with Crippen molar-refractivity contribution in [1.29, 1.82) is 0 Å². The number of nitrogens with zero attached hydrogens (tertiary/aromatic N) is 3. The molecule has 0 spiro atoms. The van der Waals surface area contributed by atoms with E-state index in [0.29, 0.717) is 17.3 Å². The summed E-state index contributed by atoms with van der Waals surface area (Å²) >= 11 is 0. The maximum atomic E-state index is 10.4. The number of hydrogen-bond acceptors (Lipinski definition) is 5. The number of carbonyl (C=O) groups is 2. The maximum absolute atomic E-state index is 10.4. The molecule has 0 atom stereocenters. The SMILES string of the molecule is CC1=CC(=O)NC1=O.Nc1nc(C2CC2)nn2cccc12. The van der Waals surface area contributed by atoms with Crippen molar-refractivity contribution in [1.82, 2.24) is 19.9 Å². The van der Waals surface area contributed by atoms with Crippen LogP contribution < -0.4 is 11.1 Å². The van der Waals surface area contributed by atoms with Crippen LogP contribution in [0.15, 0.2) is 30.0 Å². The van der Waals surface area contributed by atoms with Gasteiger partial charge < -0.3 is 5.73 Å². The van der Waals surface area contributed by atoms with E-state index in [1.807, 2.05) is 18.3 Å². The molecule has 2 aromatic heterocycles. The van der Waals surface area contributed by atoms with Crippen molar-refractivity contribution in [2.24, 2.45) is 0 Å². The normalized spacial score (nSPS) is 17.3. The first-order valence-corrected chi connectivity index (χ1v) is 6.69. The van der Waals surface area contributed by atoms with Crippen molar-refractivity contribution in [2.45, 2.75) is 25.7 Å². The van der Waals surface area contributed by atoms with Crippen molar-refractivity contribution in [3.8, 4) is 0 Å². The van der Waals surface area contributed by atoms with E-state index >= 15 is 0 Å². The Morgan fingerprint density at radius 1 is 1.38 bits per heavy atom. The molecule has 108 valence electrons. The van der Waals surface area contributed by atoms with Gasteiger partial charge in [0.25, 0.3) is 11.8 Å². The van der Waals surface area contributed by atoms with Gasteiger partial charge in [0.05, 0.1) is 0 Å². The van der Waals surface area contributed by atoms with Gasteiger partial charge in [-0.25, -0.2) is 9.50 Å². The Labute approximate surface area is 120 Å². The molecule has 3 N–H and O–H groups in total. The minimum atomic E-state index is -0.312. The van der Waals surface area contributed by atoms with Crippen molar-refractivity contribution < 1.29 is 9.59 Å². The monoisotopic (exact) mass is 285 g/mol. The predicted octanol–water partition coefficient (Wildman–Crippen LogP) is 0.778. The van der Waals surface area contributed by atoms with E-state index in [2.05, 4.69) is 15.4 Å². The van der Waals surface area contributed by atoms with E-state index in [0.717, 1.165) is 11.3 Å². The van der Waals surface area contributed by atoms with E-state index in [-0.39, 0.29) is 11.8 Å². The van der Waals surface area contributed by atoms with Gasteiger partial charge in [-0.05, 0) is 31.9 Å². The summed E-state index contributed by atoms with van der Waals surface area (Å²) in [6.07, 6.45) is 5.58. The highest BCUT2D eigenvalue weighted by molar-refractivity contribution is 6.15. The van der Waals surface area contributed by atoms with Crippen LogP contribution in [0.25, 0.3) is 5.52 Å². The van der Waals surface area contributed by atoms with Crippen LogP contribution in [0, 0.1) is 0 Å². The number of fused-ring (bicyclic) bond motifs is 1. The number of aromatic nitrogens is 3. The molecule has 1 fully saturated rings. The second-order valence-electron chi connectivity index (χ2n) is 5.11. The van der Waals surface area contributed by atoms with E-state index in [1.54, 1.807) is 11.4 Å². The number of carbonyl (C=O) groups excluding carboxylic acids is 2. The molecule has 21 heavy (non-hydrogen) atoms. The van der Waals surface area contributed by atoms with Gasteiger partial charge in [-0.2, -0.15) is 5.10 Å². The molecule has 1 aliphatic heterocycles. The third kappa shape index (κ3) is 2.76. The Morgan fingerprint density at radius 2 is 2.14 bits per heavy atom. The van der Waals surface area contributed by atoms with Gasteiger partial charge >= 0.3 is 0 Å². The van der Waals surface area contributed by atoms with Gasteiger partial charge in [0.2, 0.25) is 0 Å². The average molecular weight is 285 g/mol. The van der Waals surface area contributed by atoms with Gasteiger partial charge in [0.15, 0.2) is 11.6 Å².